The third-order valence-electron chi connectivity index (χ3n) is 8.86. The van der Waals surface area contributed by atoms with Crippen molar-refractivity contribution in [1.29, 1.82) is 0 Å². The number of aryl methyl sites for hydroxylation is 2. The van der Waals surface area contributed by atoms with Gasteiger partial charge in [0.05, 0.1) is 5.41 Å². The van der Waals surface area contributed by atoms with Crippen LogP contribution in [-0.2, 0) is 5.41 Å². The molecule has 0 amide bonds. The highest BCUT2D eigenvalue weighted by atomic mass is 14.5. The van der Waals surface area contributed by atoms with E-state index < -0.39 is 0 Å². The SMILES string of the molecule is CC.CC.Cc1ccc(-c2ccc3c(c2)C2(c4ccccc4-c4ccccc42)c2cc(-c4ccc(C)cc4)ccc2-3)cc1. The molecule has 0 N–H and O–H groups in total. The molecule has 0 saturated heterocycles. The first-order valence-electron chi connectivity index (χ1n) is 15.8. The zero-order valence-corrected chi connectivity index (χ0v) is 26.2. The summed E-state index contributed by atoms with van der Waals surface area (Å²) in [4.78, 5) is 0. The molecule has 0 radical (unpaired) electrons. The van der Waals surface area contributed by atoms with Crippen LogP contribution in [0.25, 0.3) is 44.5 Å². The van der Waals surface area contributed by atoms with E-state index in [-0.39, 0.29) is 5.41 Å². The second-order valence-electron chi connectivity index (χ2n) is 11.1. The monoisotopic (exact) mass is 556 g/mol. The fourth-order valence-corrected chi connectivity index (χ4v) is 6.99. The molecular formula is C43H40. The molecule has 0 unspecified atom stereocenters. The van der Waals surface area contributed by atoms with Gasteiger partial charge in [0.1, 0.15) is 0 Å². The molecule has 0 nitrogen and oxygen atoms in total. The maximum atomic E-state index is 2.46. The van der Waals surface area contributed by atoms with Crippen molar-refractivity contribution in [3.8, 4) is 44.5 Å². The Bertz CT molecular complexity index is 1760. The lowest BCUT2D eigenvalue weighted by molar-refractivity contribution is 0.794. The zero-order valence-electron chi connectivity index (χ0n) is 26.2. The van der Waals surface area contributed by atoms with Crippen molar-refractivity contribution >= 4 is 0 Å². The van der Waals surface area contributed by atoms with Gasteiger partial charge in [0, 0.05) is 0 Å². The fraction of sp³-hybridized carbons (Fsp3) is 0.163. The lowest BCUT2D eigenvalue weighted by Gasteiger charge is -2.31. The summed E-state index contributed by atoms with van der Waals surface area (Å²) in [5, 5.41) is 0. The van der Waals surface area contributed by atoms with Gasteiger partial charge in [-0.25, -0.2) is 0 Å². The van der Waals surface area contributed by atoms with Gasteiger partial charge in [-0.15, -0.1) is 0 Å². The highest BCUT2D eigenvalue weighted by molar-refractivity contribution is 5.96. The van der Waals surface area contributed by atoms with E-state index in [4.69, 9.17) is 0 Å². The Morgan fingerprint density at radius 3 is 1.05 bits per heavy atom. The largest absolute Gasteiger partial charge is 0.0725 e. The van der Waals surface area contributed by atoms with Gasteiger partial charge in [-0.2, -0.15) is 0 Å². The van der Waals surface area contributed by atoms with Crippen molar-refractivity contribution in [2.24, 2.45) is 0 Å². The van der Waals surface area contributed by atoms with Gasteiger partial charge < -0.3 is 0 Å². The van der Waals surface area contributed by atoms with Gasteiger partial charge in [0.15, 0.2) is 0 Å². The van der Waals surface area contributed by atoms with Crippen LogP contribution in [0.1, 0.15) is 61.1 Å². The first-order chi connectivity index (χ1) is 21.1. The van der Waals surface area contributed by atoms with E-state index in [1.54, 1.807) is 0 Å². The lowest BCUT2D eigenvalue weighted by atomic mass is 9.70. The molecule has 0 fully saturated rings. The minimum atomic E-state index is -0.348. The van der Waals surface area contributed by atoms with Crippen LogP contribution in [-0.4, -0.2) is 0 Å². The van der Waals surface area contributed by atoms with Gasteiger partial charge in [-0.05, 0) is 92.7 Å². The Morgan fingerprint density at radius 1 is 0.326 bits per heavy atom. The van der Waals surface area contributed by atoms with Crippen molar-refractivity contribution < 1.29 is 0 Å². The number of fused-ring (bicyclic) bond motifs is 10. The molecule has 0 aliphatic heterocycles. The molecule has 6 aromatic carbocycles. The molecule has 0 saturated carbocycles. The van der Waals surface area contributed by atoms with Crippen molar-refractivity contribution in [2.75, 3.05) is 0 Å². The van der Waals surface area contributed by atoms with Crippen LogP contribution in [0.15, 0.2) is 133 Å². The number of benzene rings is 6. The molecule has 0 bridgehead atoms. The van der Waals surface area contributed by atoms with Crippen molar-refractivity contribution in [3.05, 3.63) is 167 Å². The maximum Gasteiger partial charge on any atom is 0.0725 e. The van der Waals surface area contributed by atoms with Gasteiger partial charge in [0.25, 0.3) is 0 Å². The predicted molar refractivity (Wildman–Crippen MR) is 186 cm³/mol. The van der Waals surface area contributed by atoms with E-state index >= 15 is 0 Å². The van der Waals surface area contributed by atoms with E-state index in [0.717, 1.165) is 0 Å². The summed E-state index contributed by atoms with van der Waals surface area (Å²) in [6, 6.07) is 50.1. The minimum Gasteiger partial charge on any atom is -0.0683 e. The molecule has 212 valence electrons. The summed E-state index contributed by atoms with van der Waals surface area (Å²) in [6.07, 6.45) is 0. The van der Waals surface area contributed by atoms with Crippen LogP contribution in [0, 0.1) is 13.8 Å². The highest BCUT2D eigenvalue weighted by Gasteiger charge is 2.51. The minimum absolute atomic E-state index is 0.348. The molecule has 43 heavy (non-hydrogen) atoms. The first kappa shape index (κ1) is 28.4. The zero-order chi connectivity index (χ0) is 30.1. The lowest BCUT2D eigenvalue weighted by Crippen LogP contribution is -2.26. The molecule has 2 aliphatic carbocycles. The molecule has 8 rings (SSSR count). The maximum absolute atomic E-state index is 2.46. The molecule has 0 heteroatoms. The van der Waals surface area contributed by atoms with Gasteiger partial charge in [0.2, 0.25) is 0 Å². The Kier molecular flexibility index (Phi) is 7.63. The Morgan fingerprint density at radius 2 is 0.651 bits per heavy atom. The average molecular weight is 557 g/mol. The molecular weight excluding hydrogens is 516 g/mol. The Labute approximate surface area is 257 Å². The molecule has 0 heterocycles. The quantitative estimate of drug-likeness (QED) is 0.199. The van der Waals surface area contributed by atoms with E-state index in [1.165, 1.54) is 77.9 Å². The summed E-state index contributed by atoms with van der Waals surface area (Å²) < 4.78 is 0. The van der Waals surface area contributed by atoms with Crippen molar-refractivity contribution in [1.82, 2.24) is 0 Å². The van der Waals surface area contributed by atoms with Crippen LogP contribution in [0.2, 0.25) is 0 Å². The molecule has 0 atom stereocenters. The first-order valence-corrected chi connectivity index (χ1v) is 15.8. The molecule has 1 spiro atoms. The molecule has 0 aromatic heterocycles. The van der Waals surface area contributed by atoms with Crippen molar-refractivity contribution in [2.45, 2.75) is 47.0 Å². The summed E-state index contributed by atoms with van der Waals surface area (Å²) in [6.45, 7) is 12.3. The number of rotatable bonds is 2. The van der Waals surface area contributed by atoms with Gasteiger partial charge >= 0.3 is 0 Å². The summed E-state index contributed by atoms with van der Waals surface area (Å²) in [7, 11) is 0. The second kappa shape index (κ2) is 11.5. The van der Waals surface area contributed by atoms with Crippen LogP contribution in [0.5, 0.6) is 0 Å². The predicted octanol–water partition coefficient (Wildman–Crippen LogP) is 12.0. The van der Waals surface area contributed by atoms with Gasteiger partial charge in [-0.3, -0.25) is 0 Å². The summed E-state index contributed by atoms with van der Waals surface area (Å²) in [5.74, 6) is 0. The summed E-state index contributed by atoms with van der Waals surface area (Å²) >= 11 is 0. The Balaban J connectivity index is 0.000000792. The van der Waals surface area contributed by atoms with E-state index in [9.17, 15) is 0 Å². The van der Waals surface area contributed by atoms with E-state index in [1.807, 2.05) is 27.7 Å². The fourth-order valence-electron chi connectivity index (χ4n) is 6.99. The Hall–Kier alpha value is -4.68. The average Bonchev–Trinajstić information content (AvgIpc) is 3.54. The topological polar surface area (TPSA) is 0 Å². The standard InChI is InChI=1S/C39H28.2C2H6/c1-25-11-15-27(16-12-25)29-19-21-33-34-22-20-30(28-17-13-26(2)14-18-28)24-38(34)39(37(33)23-29)35-9-5-3-7-31(35)32-8-4-6-10-36(32)39;2*1-2/h3-24H,1-2H3;2*1-2H3. The van der Waals surface area contributed by atoms with Crippen LogP contribution >= 0.6 is 0 Å². The number of hydrogen-bond acceptors (Lipinski definition) is 0. The second-order valence-corrected chi connectivity index (χ2v) is 11.1. The van der Waals surface area contributed by atoms with E-state index in [0.29, 0.717) is 0 Å². The molecule has 2 aliphatic rings. The van der Waals surface area contributed by atoms with Gasteiger partial charge in [-0.1, -0.05) is 160 Å². The summed E-state index contributed by atoms with van der Waals surface area (Å²) in [5.41, 5.74) is 18.2. The van der Waals surface area contributed by atoms with Crippen LogP contribution in [0.4, 0.5) is 0 Å². The smallest absolute Gasteiger partial charge is 0.0683 e. The van der Waals surface area contributed by atoms with Crippen LogP contribution in [0.3, 0.4) is 0 Å². The number of hydrogen-bond donors (Lipinski definition) is 0. The van der Waals surface area contributed by atoms with E-state index in [2.05, 4.69) is 147 Å². The molecule has 6 aromatic rings. The van der Waals surface area contributed by atoms with Crippen LogP contribution < -0.4 is 0 Å². The third-order valence-corrected chi connectivity index (χ3v) is 8.86. The highest BCUT2D eigenvalue weighted by Crippen LogP contribution is 2.63. The normalized spacial score (nSPS) is 12.6. The van der Waals surface area contributed by atoms with Crippen molar-refractivity contribution in [3.63, 3.8) is 0 Å². The third kappa shape index (κ3) is 4.36.